The maximum absolute atomic E-state index is 6.31. The molecule has 1 aromatic carbocycles. The highest BCUT2D eigenvalue weighted by atomic mass is 35.5. The van der Waals surface area contributed by atoms with E-state index in [2.05, 4.69) is 17.1 Å². The standard InChI is InChI=1S/C16H25ClN2O/c1-3-9-18-13-7-10-19(11-8-13)12-14-15(17)5-4-6-16(14)20-2/h4-6,13,18H,3,7-12H2,1-2H3. The Hall–Kier alpha value is -0.770. The summed E-state index contributed by atoms with van der Waals surface area (Å²) in [6.45, 7) is 6.46. The lowest BCUT2D eigenvalue weighted by molar-refractivity contribution is 0.189. The van der Waals surface area contributed by atoms with Gasteiger partial charge in [0.25, 0.3) is 0 Å². The third-order valence-corrected chi connectivity index (χ3v) is 4.30. The molecule has 4 heteroatoms. The second-order valence-corrected chi connectivity index (χ2v) is 5.83. The summed E-state index contributed by atoms with van der Waals surface area (Å²) in [5.74, 6) is 0.892. The van der Waals surface area contributed by atoms with Gasteiger partial charge in [0, 0.05) is 23.2 Å². The Morgan fingerprint density at radius 1 is 1.35 bits per heavy atom. The highest BCUT2D eigenvalue weighted by molar-refractivity contribution is 6.31. The fourth-order valence-electron chi connectivity index (χ4n) is 2.75. The number of hydrogen-bond donors (Lipinski definition) is 1. The zero-order valence-electron chi connectivity index (χ0n) is 12.5. The first-order chi connectivity index (χ1) is 9.74. The molecule has 1 aliphatic heterocycles. The van der Waals surface area contributed by atoms with E-state index in [1.807, 2.05) is 18.2 Å². The minimum absolute atomic E-state index is 0.680. The number of halogens is 1. The van der Waals surface area contributed by atoms with Crippen LogP contribution in [0.2, 0.25) is 5.02 Å². The summed E-state index contributed by atoms with van der Waals surface area (Å²) in [6.07, 6.45) is 3.64. The third kappa shape index (κ3) is 4.11. The lowest BCUT2D eigenvalue weighted by Crippen LogP contribution is -2.42. The molecule has 0 unspecified atom stereocenters. The van der Waals surface area contributed by atoms with E-state index >= 15 is 0 Å². The van der Waals surface area contributed by atoms with Crippen LogP contribution >= 0.6 is 11.6 Å². The van der Waals surface area contributed by atoms with Crippen LogP contribution in [0.4, 0.5) is 0 Å². The first kappa shape index (κ1) is 15.6. The molecule has 112 valence electrons. The predicted octanol–water partition coefficient (Wildman–Crippen LogP) is 3.31. The lowest BCUT2D eigenvalue weighted by atomic mass is 10.0. The van der Waals surface area contributed by atoms with Crippen molar-refractivity contribution in [2.45, 2.75) is 38.8 Å². The summed E-state index contributed by atoms with van der Waals surface area (Å²) in [7, 11) is 1.70. The summed E-state index contributed by atoms with van der Waals surface area (Å²) in [6, 6.07) is 6.54. The third-order valence-electron chi connectivity index (χ3n) is 3.95. The maximum atomic E-state index is 6.31. The molecule has 2 rings (SSSR count). The molecular formula is C16H25ClN2O. The zero-order valence-corrected chi connectivity index (χ0v) is 13.2. The van der Waals surface area contributed by atoms with Gasteiger partial charge in [0.15, 0.2) is 0 Å². The van der Waals surface area contributed by atoms with Gasteiger partial charge in [-0.05, 0) is 51.0 Å². The molecule has 3 nitrogen and oxygen atoms in total. The lowest BCUT2D eigenvalue weighted by Gasteiger charge is -2.32. The van der Waals surface area contributed by atoms with Crippen LogP contribution in [0.3, 0.4) is 0 Å². The minimum Gasteiger partial charge on any atom is -0.496 e. The molecule has 0 saturated carbocycles. The largest absolute Gasteiger partial charge is 0.496 e. The number of ether oxygens (including phenoxy) is 1. The van der Waals surface area contributed by atoms with Crippen molar-refractivity contribution in [2.24, 2.45) is 0 Å². The van der Waals surface area contributed by atoms with Gasteiger partial charge in [-0.25, -0.2) is 0 Å². The summed E-state index contributed by atoms with van der Waals surface area (Å²) >= 11 is 6.31. The highest BCUT2D eigenvalue weighted by Crippen LogP contribution is 2.28. The Labute approximate surface area is 127 Å². The molecule has 0 amide bonds. The topological polar surface area (TPSA) is 24.5 Å². The number of nitrogens with one attached hydrogen (secondary N) is 1. The van der Waals surface area contributed by atoms with E-state index in [-0.39, 0.29) is 0 Å². The Morgan fingerprint density at radius 2 is 2.10 bits per heavy atom. The molecule has 1 saturated heterocycles. The van der Waals surface area contributed by atoms with E-state index in [0.717, 1.165) is 42.5 Å². The second-order valence-electron chi connectivity index (χ2n) is 5.43. The van der Waals surface area contributed by atoms with Crippen LogP contribution in [0, 0.1) is 0 Å². The van der Waals surface area contributed by atoms with Crippen molar-refractivity contribution < 1.29 is 4.74 Å². The summed E-state index contributed by atoms with van der Waals surface area (Å²) < 4.78 is 5.42. The van der Waals surface area contributed by atoms with Gasteiger partial charge in [-0.3, -0.25) is 4.90 Å². The molecular weight excluding hydrogens is 272 g/mol. The van der Waals surface area contributed by atoms with Crippen LogP contribution in [-0.2, 0) is 6.54 Å². The van der Waals surface area contributed by atoms with Gasteiger partial charge in [-0.15, -0.1) is 0 Å². The van der Waals surface area contributed by atoms with Crippen molar-refractivity contribution in [3.63, 3.8) is 0 Å². The number of piperidine rings is 1. The number of rotatable bonds is 6. The Morgan fingerprint density at radius 3 is 2.75 bits per heavy atom. The highest BCUT2D eigenvalue weighted by Gasteiger charge is 2.20. The molecule has 20 heavy (non-hydrogen) atoms. The van der Waals surface area contributed by atoms with E-state index in [0.29, 0.717) is 6.04 Å². The maximum Gasteiger partial charge on any atom is 0.124 e. The Kier molecular flexibility index (Phi) is 6.14. The van der Waals surface area contributed by atoms with Crippen LogP contribution in [0.15, 0.2) is 18.2 Å². The van der Waals surface area contributed by atoms with Gasteiger partial charge in [-0.2, -0.15) is 0 Å². The molecule has 0 bridgehead atoms. The first-order valence-electron chi connectivity index (χ1n) is 7.51. The van der Waals surface area contributed by atoms with Crippen LogP contribution in [0.1, 0.15) is 31.7 Å². The fraction of sp³-hybridized carbons (Fsp3) is 0.625. The molecule has 0 radical (unpaired) electrons. The van der Waals surface area contributed by atoms with Gasteiger partial charge in [0.2, 0.25) is 0 Å². The van der Waals surface area contributed by atoms with Gasteiger partial charge < -0.3 is 10.1 Å². The van der Waals surface area contributed by atoms with E-state index in [1.165, 1.54) is 19.3 Å². The summed E-state index contributed by atoms with van der Waals surface area (Å²) in [5, 5.41) is 4.41. The molecule has 1 heterocycles. The summed E-state index contributed by atoms with van der Waals surface area (Å²) in [4.78, 5) is 2.47. The fourth-order valence-corrected chi connectivity index (χ4v) is 2.98. The molecule has 0 atom stereocenters. The normalized spacial score (nSPS) is 17.4. The number of nitrogens with zero attached hydrogens (tertiary/aromatic N) is 1. The summed E-state index contributed by atoms with van der Waals surface area (Å²) in [5.41, 5.74) is 1.11. The molecule has 0 spiro atoms. The predicted molar refractivity (Wildman–Crippen MR) is 84.6 cm³/mol. The van der Waals surface area contributed by atoms with Crippen LogP contribution in [-0.4, -0.2) is 37.7 Å². The first-order valence-corrected chi connectivity index (χ1v) is 7.89. The molecule has 1 N–H and O–H groups in total. The second kappa shape index (κ2) is 7.87. The van der Waals surface area contributed by atoms with Crippen LogP contribution in [0.25, 0.3) is 0 Å². The SMILES string of the molecule is CCCNC1CCN(Cc2c(Cl)cccc2OC)CC1. The van der Waals surface area contributed by atoms with Crippen molar-refractivity contribution >= 4 is 11.6 Å². The van der Waals surface area contributed by atoms with Gasteiger partial charge in [-0.1, -0.05) is 24.6 Å². The average Bonchev–Trinajstić information content (AvgIpc) is 2.48. The van der Waals surface area contributed by atoms with E-state index < -0.39 is 0 Å². The van der Waals surface area contributed by atoms with Crippen molar-refractivity contribution in [2.75, 3.05) is 26.7 Å². The molecule has 1 aromatic rings. The Balaban J connectivity index is 1.89. The van der Waals surface area contributed by atoms with Crippen molar-refractivity contribution in [1.29, 1.82) is 0 Å². The molecule has 0 aromatic heterocycles. The van der Waals surface area contributed by atoms with Crippen molar-refractivity contribution in [3.05, 3.63) is 28.8 Å². The van der Waals surface area contributed by atoms with E-state index in [4.69, 9.17) is 16.3 Å². The van der Waals surface area contributed by atoms with Crippen LogP contribution in [0.5, 0.6) is 5.75 Å². The quantitative estimate of drug-likeness (QED) is 0.871. The van der Waals surface area contributed by atoms with Gasteiger partial charge >= 0.3 is 0 Å². The van der Waals surface area contributed by atoms with E-state index in [9.17, 15) is 0 Å². The zero-order chi connectivity index (χ0) is 14.4. The van der Waals surface area contributed by atoms with Crippen LogP contribution < -0.4 is 10.1 Å². The van der Waals surface area contributed by atoms with Gasteiger partial charge in [0.05, 0.1) is 7.11 Å². The van der Waals surface area contributed by atoms with Crippen molar-refractivity contribution in [3.8, 4) is 5.75 Å². The molecule has 0 aliphatic carbocycles. The average molecular weight is 297 g/mol. The molecule has 1 fully saturated rings. The number of benzene rings is 1. The van der Waals surface area contributed by atoms with E-state index in [1.54, 1.807) is 7.11 Å². The number of likely N-dealkylation sites (tertiary alicyclic amines) is 1. The van der Waals surface area contributed by atoms with Crippen molar-refractivity contribution in [1.82, 2.24) is 10.2 Å². The monoisotopic (exact) mass is 296 g/mol. The smallest absolute Gasteiger partial charge is 0.124 e. The minimum atomic E-state index is 0.680. The van der Waals surface area contributed by atoms with Gasteiger partial charge in [0.1, 0.15) is 5.75 Å². The molecule has 1 aliphatic rings. The number of methoxy groups -OCH3 is 1. The Bertz CT molecular complexity index is 417. The number of hydrogen-bond acceptors (Lipinski definition) is 3.